The maximum absolute atomic E-state index is 2.46. The Hall–Kier alpha value is -0.780. The second-order valence-corrected chi connectivity index (χ2v) is 6.96. The minimum absolute atomic E-state index is 0.847. The fraction of sp³-hybridized carbons (Fsp3) is 0.667. The molecule has 2 saturated carbocycles. The molecule has 2 aliphatic carbocycles. The first kappa shape index (κ1) is 12.3. The Labute approximate surface area is 112 Å². The molecule has 0 amide bonds. The van der Waals surface area contributed by atoms with Crippen LogP contribution in [0.5, 0.6) is 0 Å². The molecule has 0 saturated heterocycles. The van der Waals surface area contributed by atoms with Gasteiger partial charge in [-0.2, -0.15) is 0 Å². The number of hydrogen-bond donors (Lipinski definition) is 0. The number of benzene rings is 1. The Kier molecular flexibility index (Phi) is 3.21. The predicted molar refractivity (Wildman–Crippen MR) is 77.9 cm³/mol. The summed E-state index contributed by atoms with van der Waals surface area (Å²) in [6, 6.07) is 7.21. The first-order chi connectivity index (χ1) is 8.63. The summed E-state index contributed by atoms with van der Waals surface area (Å²) in [5.74, 6) is 3.79. The standard InChI is InChI=1S/C18H26/c1-12-7-13(2)10-16(9-12)18-11-14(3)8-15-5-4-6-17(15)18/h7,9-10,14-15,17-18H,4-6,8,11H2,1-3H3. The summed E-state index contributed by atoms with van der Waals surface area (Å²) < 4.78 is 0. The van der Waals surface area contributed by atoms with Crippen molar-refractivity contribution in [2.75, 3.05) is 0 Å². The lowest BCUT2D eigenvalue weighted by Gasteiger charge is -2.38. The van der Waals surface area contributed by atoms with Crippen molar-refractivity contribution in [3.05, 3.63) is 34.9 Å². The molecule has 0 nitrogen and oxygen atoms in total. The third kappa shape index (κ3) is 2.22. The maximum Gasteiger partial charge on any atom is -0.0128 e. The van der Waals surface area contributed by atoms with Gasteiger partial charge in [0.25, 0.3) is 0 Å². The van der Waals surface area contributed by atoms with Crippen LogP contribution in [-0.4, -0.2) is 0 Å². The highest BCUT2D eigenvalue weighted by Crippen LogP contribution is 2.51. The van der Waals surface area contributed by atoms with E-state index in [4.69, 9.17) is 0 Å². The predicted octanol–water partition coefficient (Wildman–Crippen LogP) is 5.23. The summed E-state index contributed by atoms with van der Waals surface area (Å²) >= 11 is 0. The molecular weight excluding hydrogens is 216 g/mol. The van der Waals surface area contributed by atoms with Gasteiger partial charge in [-0.15, -0.1) is 0 Å². The van der Waals surface area contributed by atoms with Crippen LogP contribution >= 0.6 is 0 Å². The van der Waals surface area contributed by atoms with Gasteiger partial charge in [0.1, 0.15) is 0 Å². The van der Waals surface area contributed by atoms with Crippen LogP contribution in [0.15, 0.2) is 18.2 Å². The van der Waals surface area contributed by atoms with Crippen molar-refractivity contribution in [2.24, 2.45) is 17.8 Å². The fourth-order valence-electron chi connectivity index (χ4n) is 4.72. The Morgan fingerprint density at radius 2 is 1.67 bits per heavy atom. The van der Waals surface area contributed by atoms with Gasteiger partial charge in [0.15, 0.2) is 0 Å². The van der Waals surface area contributed by atoms with Crippen molar-refractivity contribution in [2.45, 2.75) is 58.8 Å². The van der Waals surface area contributed by atoms with Crippen molar-refractivity contribution >= 4 is 0 Å². The zero-order valence-electron chi connectivity index (χ0n) is 12.1. The van der Waals surface area contributed by atoms with Crippen molar-refractivity contribution in [1.82, 2.24) is 0 Å². The molecule has 2 fully saturated rings. The molecular formula is C18H26. The zero-order valence-corrected chi connectivity index (χ0v) is 12.1. The van der Waals surface area contributed by atoms with Gasteiger partial charge < -0.3 is 0 Å². The Morgan fingerprint density at radius 1 is 0.944 bits per heavy atom. The summed E-state index contributed by atoms with van der Waals surface area (Å²) in [6.45, 7) is 6.95. The number of fused-ring (bicyclic) bond motifs is 1. The normalized spacial score (nSPS) is 35.5. The topological polar surface area (TPSA) is 0 Å². The molecule has 2 aliphatic rings. The Balaban J connectivity index is 1.93. The van der Waals surface area contributed by atoms with Gasteiger partial charge in [0.2, 0.25) is 0 Å². The number of aryl methyl sites for hydroxylation is 2. The summed E-state index contributed by atoms with van der Waals surface area (Å²) in [7, 11) is 0. The van der Waals surface area contributed by atoms with Crippen molar-refractivity contribution in [3.63, 3.8) is 0 Å². The van der Waals surface area contributed by atoms with E-state index in [1.165, 1.54) is 43.2 Å². The molecule has 1 aromatic rings. The van der Waals surface area contributed by atoms with E-state index in [1.807, 2.05) is 0 Å². The molecule has 18 heavy (non-hydrogen) atoms. The van der Waals surface area contributed by atoms with E-state index in [2.05, 4.69) is 39.0 Å². The molecule has 4 atom stereocenters. The summed E-state index contributed by atoms with van der Waals surface area (Å²) in [4.78, 5) is 0. The smallest absolute Gasteiger partial charge is 0.0128 e. The average Bonchev–Trinajstić information content (AvgIpc) is 2.74. The third-order valence-electron chi connectivity index (χ3n) is 5.27. The molecule has 4 unspecified atom stereocenters. The van der Waals surface area contributed by atoms with E-state index in [0.29, 0.717) is 0 Å². The second-order valence-electron chi connectivity index (χ2n) is 6.96. The van der Waals surface area contributed by atoms with E-state index in [-0.39, 0.29) is 0 Å². The average molecular weight is 242 g/mol. The van der Waals surface area contributed by atoms with Gasteiger partial charge in [-0.25, -0.2) is 0 Å². The molecule has 98 valence electrons. The molecule has 0 radical (unpaired) electrons. The summed E-state index contributed by atoms with van der Waals surface area (Å²) in [5.41, 5.74) is 4.52. The maximum atomic E-state index is 2.46. The molecule has 0 spiro atoms. The minimum atomic E-state index is 0.847. The lowest BCUT2D eigenvalue weighted by atomic mass is 9.67. The van der Waals surface area contributed by atoms with Gasteiger partial charge in [-0.3, -0.25) is 0 Å². The Morgan fingerprint density at radius 3 is 2.39 bits per heavy atom. The van der Waals surface area contributed by atoms with Crippen LogP contribution in [0.4, 0.5) is 0 Å². The molecule has 0 aliphatic heterocycles. The van der Waals surface area contributed by atoms with Gasteiger partial charge in [0, 0.05) is 0 Å². The molecule has 1 aromatic carbocycles. The highest BCUT2D eigenvalue weighted by molar-refractivity contribution is 5.32. The first-order valence-electron chi connectivity index (χ1n) is 7.71. The van der Waals surface area contributed by atoms with Crippen LogP contribution in [0, 0.1) is 31.6 Å². The van der Waals surface area contributed by atoms with E-state index in [0.717, 1.165) is 23.7 Å². The monoisotopic (exact) mass is 242 g/mol. The molecule has 0 bridgehead atoms. The van der Waals surface area contributed by atoms with Crippen LogP contribution in [0.1, 0.15) is 61.6 Å². The largest absolute Gasteiger partial charge is 0.0625 e. The van der Waals surface area contributed by atoms with Gasteiger partial charge in [0.05, 0.1) is 0 Å². The zero-order chi connectivity index (χ0) is 12.7. The van der Waals surface area contributed by atoms with Gasteiger partial charge >= 0.3 is 0 Å². The lowest BCUT2D eigenvalue weighted by Crippen LogP contribution is -2.27. The van der Waals surface area contributed by atoms with E-state index >= 15 is 0 Å². The van der Waals surface area contributed by atoms with E-state index in [1.54, 1.807) is 5.56 Å². The number of hydrogen-bond acceptors (Lipinski definition) is 0. The molecule has 0 N–H and O–H groups in total. The van der Waals surface area contributed by atoms with Crippen LogP contribution < -0.4 is 0 Å². The van der Waals surface area contributed by atoms with Crippen LogP contribution in [0.25, 0.3) is 0 Å². The molecule has 3 rings (SSSR count). The van der Waals surface area contributed by atoms with Gasteiger partial charge in [-0.05, 0) is 62.3 Å². The SMILES string of the molecule is Cc1cc(C)cc(C2CC(C)CC3CCCC32)c1. The van der Waals surface area contributed by atoms with Crippen molar-refractivity contribution in [1.29, 1.82) is 0 Å². The second kappa shape index (κ2) is 4.72. The molecule has 0 heteroatoms. The summed E-state index contributed by atoms with van der Waals surface area (Å²) in [6.07, 6.45) is 7.37. The van der Waals surface area contributed by atoms with Crippen molar-refractivity contribution in [3.8, 4) is 0 Å². The summed E-state index contributed by atoms with van der Waals surface area (Å²) in [5, 5.41) is 0. The third-order valence-corrected chi connectivity index (χ3v) is 5.27. The first-order valence-corrected chi connectivity index (χ1v) is 7.71. The lowest BCUT2D eigenvalue weighted by molar-refractivity contribution is 0.187. The quantitative estimate of drug-likeness (QED) is 0.632. The van der Waals surface area contributed by atoms with E-state index < -0.39 is 0 Å². The van der Waals surface area contributed by atoms with Crippen LogP contribution in [0.2, 0.25) is 0 Å². The van der Waals surface area contributed by atoms with E-state index in [9.17, 15) is 0 Å². The molecule has 0 heterocycles. The number of rotatable bonds is 1. The van der Waals surface area contributed by atoms with Crippen LogP contribution in [0.3, 0.4) is 0 Å². The Bertz CT molecular complexity index is 411. The highest BCUT2D eigenvalue weighted by atomic mass is 14.4. The molecule has 0 aromatic heterocycles. The van der Waals surface area contributed by atoms with Crippen molar-refractivity contribution < 1.29 is 0 Å². The van der Waals surface area contributed by atoms with Gasteiger partial charge in [-0.1, -0.05) is 49.1 Å². The highest BCUT2D eigenvalue weighted by Gasteiger charge is 2.39. The van der Waals surface area contributed by atoms with Crippen LogP contribution in [-0.2, 0) is 0 Å². The fourth-order valence-corrected chi connectivity index (χ4v) is 4.72. The minimum Gasteiger partial charge on any atom is -0.0625 e.